The molecule has 2 aromatic rings. The number of amides is 2. The van der Waals surface area contributed by atoms with Gasteiger partial charge in [0.05, 0.1) is 0 Å². The predicted molar refractivity (Wildman–Crippen MR) is 90.8 cm³/mol. The van der Waals surface area contributed by atoms with Crippen molar-refractivity contribution in [3.8, 4) is 0 Å². The number of piperidine rings is 1. The lowest BCUT2D eigenvalue weighted by molar-refractivity contribution is 0.175. The third-order valence-corrected chi connectivity index (χ3v) is 4.65. The van der Waals surface area contributed by atoms with Crippen LogP contribution < -0.4 is 5.32 Å². The smallest absolute Gasteiger partial charge is 0.317 e. The number of hydrogen-bond donors (Lipinski definition) is 2. The predicted octanol–water partition coefficient (Wildman–Crippen LogP) is 1.78. The van der Waals surface area contributed by atoms with E-state index in [4.69, 9.17) is 5.11 Å². The summed E-state index contributed by atoms with van der Waals surface area (Å²) in [6.07, 6.45) is 5.29. The number of nitrogens with one attached hydrogen (secondary N) is 1. The van der Waals surface area contributed by atoms with Gasteiger partial charge in [0.1, 0.15) is 5.82 Å². The van der Waals surface area contributed by atoms with Crippen molar-refractivity contribution in [1.82, 2.24) is 24.8 Å². The van der Waals surface area contributed by atoms with Gasteiger partial charge in [-0.25, -0.2) is 4.79 Å². The number of aromatic nitrogens is 3. The summed E-state index contributed by atoms with van der Waals surface area (Å²) in [5, 5.41) is 20.4. The van der Waals surface area contributed by atoms with Gasteiger partial charge in [0.25, 0.3) is 0 Å². The average Bonchev–Trinajstić information content (AvgIpc) is 3.04. The van der Waals surface area contributed by atoms with E-state index in [9.17, 15) is 4.79 Å². The van der Waals surface area contributed by atoms with E-state index in [-0.39, 0.29) is 18.7 Å². The molecule has 2 N–H and O–H groups in total. The van der Waals surface area contributed by atoms with E-state index < -0.39 is 0 Å². The van der Waals surface area contributed by atoms with E-state index in [0.29, 0.717) is 12.3 Å². The van der Waals surface area contributed by atoms with Crippen LogP contribution in [0, 0.1) is 0 Å². The quantitative estimate of drug-likeness (QED) is 0.875. The first-order chi connectivity index (χ1) is 11.7. The van der Waals surface area contributed by atoms with Crippen LogP contribution in [0.2, 0.25) is 0 Å². The summed E-state index contributed by atoms with van der Waals surface area (Å²) in [4.78, 5) is 14.2. The molecule has 0 aliphatic carbocycles. The molecule has 3 heterocycles. The van der Waals surface area contributed by atoms with E-state index in [1.165, 1.54) is 0 Å². The van der Waals surface area contributed by atoms with Gasteiger partial charge in [0, 0.05) is 37.9 Å². The summed E-state index contributed by atoms with van der Waals surface area (Å²) in [5.74, 6) is 1.32. The van der Waals surface area contributed by atoms with Crippen molar-refractivity contribution in [3.05, 3.63) is 30.2 Å². The number of aliphatic hydroxyl groups is 1. The Morgan fingerprint density at radius 2 is 2.17 bits per heavy atom. The Morgan fingerprint density at radius 1 is 1.38 bits per heavy atom. The second-order valence-corrected chi connectivity index (χ2v) is 6.46. The molecule has 0 saturated carbocycles. The highest BCUT2D eigenvalue weighted by Gasteiger charge is 2.27. The summed E-state index contributed by atoms with van der Waals surface area (Å²) in [6.45, 7) is 3.59. The Kier molecular flexibility index (Phi) is 5.30. The Hall–Kier alpha value is -2.15. The molecule has 0 bridgehead atoms. The van der Waals surface area contributed by atoms with Crippen molar-refractivity contribution in [3.63, 3.8) is 0 Å². The molecule has 7 heteroatoms. The van der Waals surface area contributed by atoms with Crippen LogP contribution in [-0.2, 0) is 0 Å². The molecule has 7 nitrogen and oxygen atoms in total. The molecule has 1 atom stereocenters. The van der Waals surface area contributed by atoms with E-state index >= 15 is 0 Å². The van der Waals surface area contributed by atoms with Crippen LogP contribution in [-0.4, -0.2) is 56.4 Å². The SMILES string of the molecule is CC(CCCO)NC(=O)N1CCC(c2nnc3ccccn23)CC1. The lowest BCUT2D eigenvalue weighted by Gasteiger charge is -2.32. The molecule has 130 valence electrons. The van der Waals surface area contributed by atoms with Crippen LogP contribution in [0.4, 0.5) is 4.79 Å². The van der Waals surface area contributed by atoms with Gasteiger partial charge in [0.15, 0.2) is 5.65 Å². The fraction of sp³-hybridized carbons (Fsp3) is 0.588. The standard InChI is InChI=1S/C17H25N5O2/c1-13(5-4-12-23)18-17(24)21-10-7-14(8-11-21)16-20-19-15-6-2-3-9-22(15)16/h2-3,6,9,13-14,23H,4-5,7-8,10-12H2,1H3,(H,18,24). The highest BCUT2D eigenvalue weighted by Crippen LogP contribution is 2.27. The maximum atomic E-state index is 12.3. The molecule has 1 aliphatic heterocycles. The number of carbonyl (C=O) groups is 1. The molecular weight excluding hydrogens is 306 g/mol. The first kappa shape index (κ1) is 16.7. The van der Waals surface area contributed by atoms with Crippen molar-refractivity contribution in [1.29, 1.82) is 0 Å². The average molecular weight is 331 g/mol. The zero-order chi connectivity index (χ0) is 16.9. The van der Waals surface area contributed by atoms with Gasteiger partial charge in [-0.3, -0.25) is 4.40 Å². The van der Waals surface area contributed by atoms with Crippen LogP contribution in [0.15, 0.2) is 24.4 Å². The molecule has 1 unspecified atom stereocenters. The van der Waals surface area contributed by atoms with Crippen LogP contribution in [0.25, 0.3) is 5.65 Å². The second kappa shape index (κ2) is 7.61. The van der Waals surface area contributed by atoms with E-state index in [1.807, 2.05) is 40.6 Å². The number of rotatable bonds is 5. The van der Waals surface area contributed by atoms with Gasteiger partial charge >= 0.3 is 6.03 Å². The van der Waals surface area contributed by atoms with Crippen molar-refractivity contribution >= 4 is 11.7 Å². The van der Waals surface area contributed by atoms with Crippen LogP contribution in [0.1, 0.15) is 44.3 Å². The molecule has 0 radical (unpaired) electrons. The molecule has 1 fully saturated rings. The molecule has 0 aromatic carbocycles. The lowest BCUT2D eigenvalue weighted by atomic mass is 9.96. The maximum Gasteiger partial charge on any atom is 0.317 e. The van der Waals surface area contributed by atoms with Gasteiger partial charge in [-0.05, 0) is 44.7 Å². The molecular formula is C17H25N5O2. The van der Waals surface area contributed by atoms with Gasteiger partial charge in [-0.1, -0.05) is 6.07 Å². The normalized spacial score (nSPS) is 17.2. The Balaban J connectivity index is 1.55. The first-order valence-electron chi connectivity index (χ1n) is 8.65. The fourth-order valence-electron chi connectivity index (χ4n) is 3.25. The molecule has 1 aliphatic rings. The molecule has 24 heavy (non-hydrogen) atoms. The number of aliphatic hydroxyl groups excluding tert-OH is 1. The third-order valence-electron chi connectivity index (χ3n) is 4.65. The summed E-state index contributed by atoms with van der Waals surface area (Å²) in [5.41, 5.74) is 0.866. The van der Waals surface area contributed by atoms with Crippen molar-refractivity contribution in [2.45, 2.75) is 44.6 Å². The second-order valence-electron chi connectivity index (χ2n) is 6.46. The first-order valence-corrected chi connectivity index (χ1v) is 8.65. The maximum absolute atomic E-state index is 12.3. The van der Waals surface area contributed by atoms with Crippen LogP contribution >= 0.6 is 0 Å². The summed E-state index contributed by atoms with van der Waals surface area (Å²) < 4.78 is 2.04. The fourth-order valence-corrected chi connectivity index (χ4v) is 3.25. The van der Waals surface area contributed by atoms with Gasteiger partial charge in [-0.2, -0.15) is 0 Å². The van der Waals surface area contributed by atoms with Crippen molar-refractivity contribution in [2.24, 2.45) is 0 Å². The van der Waals surface area contributed by atoms with Crippen molar-refractivity contribution < 1.29 is 9.90 Å². The highest BCUT2D eigenvalue weighted by molar-refractivity contribution is 5.74. The number of urea groups is 1. The third kappa shape index (κ3) is 3.67. The number of pyridine rings is 1. The molecule has 1 saturated heterocycles. The van der Waals surface area contributed by atoms with Crippen molar-refractivity contribution in [2.75, 3.05) is 19.7 Å². The monoisotopic (exact) mass is 331 g/mol. The largest absolute Gasteiger partial charge is 0.396 e. The number of carbonyl (C=O) groups excluding carboxylic acids is 1. The number of nitrogens with zero attached hydrogens (tertiary/aromatic N) is 4. The number of hydrogen-bond acceptors (Lipinski definition) is 4. The van der Waals surface area contributed by atoms with Gasteiger partial charge < -0.3 is 15.3 Å². The van der Waals surface area contributed by atoms with Crippen LogP contribution in [0.5, 0.6) is 0 Å². The molecule has 3 rings (SSSR count). The zero-order valence-electron chi connectivity index (χ0n) is 14.1. The Morgan fingerprint density at radius 3 is 2.92 bits per heavy atom. The molecule has 2 aromatic heterocycles. The van der Waals surface area contributed by atoms with Crippen LogP contribution in [0.3, 0.4) is 0 Å². The highest BCUT2D eigenvalue weighted by atomic mass is 16.3. The number of likely N-dealkylation sites (tertiary alicyclic amines) is 1. The summed E-state index contributed by atoms with van der Waals surface area (Å²) >= 11 is 0. The van der Waals surface area contributed by atoms with Gasteiger partial charge in [-0.15, -0.1) is 10.2 Å². The topological polar surface area (TPSA) is 82.8 Å². The summed E-state index contributed by atoms with van der Waals surface area (Å²) in [7, 11) is 0. The zero-order valence-corrected chi connectivity index (χ0v) is 14.1. The van der Waals surface area contributed by atoms with Gasteiger partial charge in [0.2, 0.25) is 0 Å². The molecule has 0 spiro atoms. The lowest BCUT2D eigenvalue weighted by Crippen LogP contribution is -2.47. The van der Waals surface area contributed by atoms with E-state index in [0.717, 1.165) is 43.8 Å². The Labute approximate surface area is 141 Å². The minimum atomic E-state index is -0.00927. The summed E-state index contributed by atoms with van der Waals surface area (Å²) in [6, 6.07) is 5.97. The Bertz CT molecular complexity index is 678. The van der Waals surface area contributed by atoms with E-state index in [1.54, 1.807) is 0 Å². The number of fused-ring (bicyclic) bond motifs is 1. The van der Waals surface area contributed by atoms with E-state index in [2.05, 4.69) is 15.5 Å². The minimum absolute atomic E-state index is 0.00927. The molecule has 2 amide bonds. The minimum Gasteiger partial charge on any atom is -0.396 e.